The summed E-state index contributed by atoms with van der Waals surface area (Å²) in [6.07, 6.45) is 2.26. The van der Waals surface area contributed by atoms with Crippen LogP contribution in [0.4, 0.5) is 8.78 Å². The second-order valence-corrected chi connectivity index (χ2v) is 9.53. The van der Waals surface area contributed by atoms with E-state index < -0.39 is 35.2 Å². The highest BCUT2D eigenvalue weighted by Gasteiger charge is 2.51. The summed E-state index contributed by atoms with van der Waals surface area (Å²) in [6.45, 7) is 6.08. The highest BCUT2D eigenvalue weighted by molar-refractivity contribution is 5.71. The largest absolute Gasteiger partial charge is 0.487 e. The summed E-state index contributed by atoms with van der Waals surface area (Å²) < 4.78 is 40.0. The smallest absolute Gasteiger partial charge is 0.309 e. The molecule has 0 radical (unpaired) electrons. The third-order valence-corrected chi connectivity index (χ3v) is 6.79. The molecule has 2 aliphatic heterocycles. The molecule has 2 heterocycles. The number of aliphatic carboxylic acids is 1. The van der Waals surface area contributed by atoms with Gasteiger partial charge in [0.2, 0.25) is 0 Å². The van der Waals surface area contributed by atoms with Crippen LogP contribution in [0.1, 0.15) is 62.8 Å². The lowest BCUT2D eigenvalue weighted by molar-refractivity contribution is -0.188. The molecule has 4 atom stereocenters. The number of aryl methyl sites for hydroxylation is 2. The molecule has 0 saturated carbocycles. The summed E-state index contributed by atoms with van der Waals surface area (Å²) in [5.74, 6) is -2.24. The molecule has 4 rings (SSSR count). The molecule has 2 aromatic rings. The predicted octanol–water partition coefficient (Wildman–Crippen LogP) is 5.87. The third kappa shape index (κ3) is 4.51. The van der Waals surface area contributed by atoms with Gasteiger partial charge in [-0.1, -0.05) is 19.4 Å². The van der Waals surface area contributed by atoms with Gasteiger partial charge in [-0.05, 0) is 74.9 Å². The number of carboxylic acid groups (broad SMARTS) is 1. The first kappa shape index (κ1) is 22.7. The van der Waals surface area contributed by atoms with Crippen LogP contribution in [0, 0.1) is 23.5 Å². The van der Waals surface area contributed by atoms with Crippen LogP contribution in [-0.4, -0.2) is 22.8 Å². The second kappa shape index (κ2) is 8.81. The van der Waals surface area contributed by atoms with Gasteiger partial charge in [0.25, 0.3) is 0 Å². The van der Waals surface area contributed by atoms with Gasteiger partial charge in [-0.15, -0.1) is 0 Å². The molecule has 1 fully saturated rings. The number of rotatable bonds is 6. The van der Waals surface area contributed by atoms with Crippen molar-refractivity contribution in [3.8, 4) is 5.75 Å². The van der Waals surface area contributed by atoms with Crippen molar-refractivity contribution in [1.82, 2.24) is 0 Å². The Morgan fingerprint density at radius 3 is 2.47 bits per heavy atom. The van der Waals surface area contributed by atoms with Gasteiger partial charge >= 0.3 is 5.97 Å². The molecule has 172 valence electrons. The third-order valence-electron chi connectivity index (χ3n) is 6.79. The molecule has 6 heteroatoms. The van der Waals surface area contributed by atoms with E-state index >= 15 is 0 Å². The van der Waals surface area contributed by atoms with E-state index in [1.165, 1.54) is 17.7 Å². The summed E-state index contributed by atoms with van der Waals surface area (Å²) in [5.41, 5.74) is 2.08. The van der Waals surface area contributed by atoms with Crippen LogP contribution in [0.25, 0.3) is 0 Å². The lowest BCUT2D eigenvalue weighted by atomic mass is 9.71. The zero-order valence-electron chi connectivity index (χ0n) is 18.7. The molecule has 2 aliphatic rings. The van der Waals surface area contributed by atoms with Crippen molar-refractivity contribution in [2.45, 2.75) is 70.7 Å². The fraction of sp³-hybridized carbons (Fsp3) is 0.500. The fourth-order valence-electron chi connectivity index (χ4n) is 5.18. The van der Waals surface area contributed by atoms with E-state index in [0.717, 1.165) is 30.2 Å². The monoisotopic (exact) mass is 444 g/mol. The molecule has 4 nitrogen and oxygen atoms in total. The molecular weight excluding hydrogens is 414 g/mol. The zero-order valence-corrected chi connectivity index (χ0v) is 18.7. The SMILES string of the molecule is CCCc1ccc2c(c1)[C@H]1O[C@@H](CCc3cc(F)cc(F)c3)[C@@H](C(=O)O)C[C@@H]1C(C)(C)O2. The van der Waals surface area contributed by atoms with E-state index in [1.807, 2.05) is 19.9 Å². The van der Waals surface area contributed by atoms with Crippen LogP contribution in [0.15, 0.2) is 36.4 Å². The van der Waals surface area contributed by atoms with Crippen LogP contribution in [-0.2, 0) is 22.4 Å². The van der Waals surface area contributed by atoms with E-state index in [0.29, 0.717) is 24.8 Å². The number of halogens is 2. The quantitative estimate of drug-likeness (QED) is 0.606. The van der Waals surface area contributed by atoms with Gasteiger partial charge in [-0.2, -0.15) is 0 Å². The number of hydrogen-bond donors (Lipinski definition) is 1. The lowest BCUT2D eigenvalue weighted by Crippen LogP contribution is -2.52. The summed E-state index contributed by atoms with van der Waals surface area (Å²) in [4.78, 5) is 12.1. The Bertz CT molecular complexity index is 983. The number of carboxylic acids is 1. The van der Waals surface area contributed by atoms with Gasteiger partial charge in [-0.3, -0.25) is 4.79 Å². The van der Waals surface area contributed by atoms with Crippen molar-refractivity contribution < 1.29 is 28.2 Å². The number of ether oxygens (including phenoxy) is 2. The minimum atomic E-state index is -0.916. The first-order valence-electron chi connectivity index (χ1n) is 11.3. The molecule has 0 amide bonds. The zero-order chi connectivity index (χ0) is 23.0. The van der Waals surface area contributed by atoms with E-state index in [9.17, 15) is 18.7 Å². The van der Waals surface area contributed by atoms with E-state index in [2.05, 4.69) is 19.1 Å². The molecule has 1 saturated heterocycles. The van der Waals surface area contributed by atoms with Crippen molar-refractivity contribution in [1.29, 1.82) is 0 Å². The van der Waals surface area contributed by atoms with Crippen LogP contribution in [0.2, 0.25) is 0 Å². The molecule has 0 aromatic heterocycles. The first-order chi connectivity index (χ1) is 15.2. The second-order valence-electron chi connectivity index (χ2n) is 9.53. The van der Waals surface area contributed by atoms with Gasteiger partial charge in [-0.25, -0.2) is 8.78 Å². The Hall–Kier alpha value is -2.47. The van der Waals surface area contributed by atoms with Crippen molar-refractivity contribution >= 4 is 5.97 Å². The fourth-order valence-corrected chi connectivity index (χ4v) is 5.18. The van der Waals surface area contributed by atoms with Crippen LogP contribution < -0.4 is 4.74 Å². The summed E-state index contributed by atoms with van der Waals surface area (Å²) in [6, 6.07) is 9.57. The summed E-state index contributed by atoms with van der Waals surface area (Å²) in [7, 11) is 0. The maximum absolute atomic E-state index is 13.6. The number of hydrogen-bond acceptors (Lipinski definition) is 3. The van der Waals surface area contributed by atoms with E-state index in [1.54, 1.807) is 0 Å². The molecule has 32 heavy (non-hydrogen) atoms. The highest BCUT2D eigenvalue weighted by atomic mass is 19.1. The molecule has 1 N–H and O–H groups in total. The van der Waals surface area contributed by atoms with Crippen molar-refractivity contribution in [3.05, 3.63) is 64.7 Å². The average molecular weight is 445 g/mol. The Morgan fingerprint density at radius 1 is 1.09 bits per heavy atom. The number of benzene rings is 2. The van der Waals surface area contributed by atoms with Gasteiger partial charge < -0.3 is 14.6 Å². The molecular formula is C26H30F2O4. The molecule has 0 aliphatic carbocycles. The van der Waals surface area contributed by atoms with Gasteiger partial charge in [0, 0.05) is 17.5 Å². The van der Waals surface area contributed by atoms with Crippen LogP contribution in [0.3, 0.4) is 0 Å². The Balaban J connectivity index is 1.63. The Morgan fingerprint density at radius 2 is 1.81 bits per heavy atom. The number of fused-ring (bicyclic) bond motifs is 3. The van der Waals surface area contributed by atoms with Crippen molar-refractivity contribution in [2.75, 3.05) is 0 Å². The van der Waals surface area contributed by atoms with E-state index in [-0.39, 0.29) is 12.0 Å². The Labute approximate surface area is 187 Å². The predicted molar refractivity (Wildman–Crippen MR) is 117 cm³/mol. The maximum Gasteiger partial charge on any atom is 0.309 e. The van der Waals surface area contributed by atoms with Gasteiger partial charge in [0.15, 0.2) is 0 Å². The highest BCUT2D eigenvalue weighted by Crippen LogP contribution is 2.52. The van der Waals surface area contributed by atoms with Crippen molar-refractivity contribution in [3.63, 3.8) is 0 Å². The average Bonchev–Trinajstić information content (AvgIpc) is 2.71. The summed E-state index contributed by atoms with van der Waals surface area (Å²) in [5, 5.41) is 9.92. The minimum absolute atomic E-state index is 0.115. The molecule has 0 bridgehead atoms. The van der Waals surface area contributed by atoms with Crippen LogP contribution in [0.5, 0.6) is 5.75 Å². The standard InChI is InChI=1S/C26H30F2O4/c1-4-5-15-6-9-23-19(12-15)24-21(26(2,3)32-23)14-20(25(29)30)22(31-24)8-7-16-10-17(27)13-18(28)11-16/h6,9-13,20-22,24H,4-5,7-8,14H2,1-3H3,(H,29,30)/t20-,21-,22-,24+/m0/s1. The number of carbonyl (C=O) groups is 1. The molecule has 0 unspecified atom stereocenters. The summed E-state index contributed by atoms with van der Waals surface area (Å²) >= 11 is 0. The normalized spacial score (nSPS) is 26.0. The minimum Gasteiger partial charge on any atom is -0.487 e. The Kier molecular flexibility index (Phi) is 6.26. The topological polar surface area (TPSA) is 55.8 Å². The lowest BCUT2D eigenvalue weighted by Gasteiger charge is -2.50. The molecule has 0 spiro atoms. The van der Waals surface area contributed by atoms with Crippen LogP contribution >= 0.6 is 0 Å². The molecule has 2 aromatic carbocycles. The van der Waals surface area contributed by atoms with Gasteiger partial charge in [0.05, 0.1) is 18.1 Å². The first-order valence-corrected chi connectivity index (χ1v) is 11.3. The van der Waals surface area contributed by atoms with Gasteiger partial charge in [0.1, 0.15) is 23.0 Å². The van der Waals surface area contributed by atoms with E-state index in [4.69, 9.17) is 9.47 Å². The van der Waals surface area contributed by atoms with Crippen molar-refractivity contribution in [2.24, 2.45) is 11.8 Å². The maximum atomic E-state index is 13.6.